The average molecular weight is 393 g/mol. The normalized spacial score (nSPS) is 11.8. The molecule has 0 unspecified atom stereocenters. The smallest absolute Gasteiger partial charge is 0.437 e. The highest BCUT2D eigenvalue weighted by molar-refractivity contribution is 5.59. The number of nitro benzene ring substituents is 1. The van der Waals surface area contributed by atoms with Crippen LogP contribution in [0.2, 0.25) is 0 Å². The third-order valence-electron chi connectivity index (χ3n) is 3.53. The minimum absolute atomic E-state index is 0.144. The molecule has 2 aromatic carbocycles. The number of hydrogen-bond donors (Lipinski definition) is 2. The van der Waals surface area contributed by atoms with E-state index in [0.717, 1.165) is 18.2 Å². The summed E-state index contributed by atoms with van der Waals surface area (Å²) in [4.78, 5) is 10.0. The number of aromatic hydroxyl groups is 2. The Labute approximate surface area is 154 Å². The SMILES string of the molecule is O=[N+]([O-])c1ccc(O)c(/N=N/c2c(C(F)(F)F)nn(-c3ccccc3)c2O)c1. The van der Waals surface area contributed by atoms with Gasteiger partial charge in [-0.2, -0.15) is 23.0 Å². The first-order chi connectivity index (χ1) is 13.2. The predicted molar refractivity (Wildman–Crippen MR) is 89.2 cm³/mol. The van der Waals surface area contributed by atoms with Crippen LogP contribution in [0.3, 0.4) is 0 Å². The van der Waals surface area contributed by atoms with Gasteiger partial charge in [-0.3, -0.25) is 10.1 Å². The van der Waals surface area contributed by atoms with E-state index in [9.17, 15) is 33.5 Å². The summed E-state index contributed by atoms with van der Waals surface area (Å²) in [6.45, 7) is 0. The molecule has 2 N–H and O–H groups in total. The summed E-state index contributed by atoms with van der Waals surface area (Å²) < 4.78 is 40.5. The number of nitrogens with zero attached hydrogens (tertiary/aromatic N) is 5. The molecule has 1 aromatic heterocycles. The van der Waals surface area contributed by atoms with Crippen LogP contribution >= 0.6 is 0 Å². The first-order valence-corrected chi connectivity index (χ1v) is 7.52. The fourth-order valence-electron chi connectivity index (χ4n) is 2.24. The Morgan fingerprint density at radius 3 is 2.36 bits per heavy atom. The lowest BCUT2D eigenvalue weighted by molar-refractivity contribution is -0.384. The second kappa shape index (κ2) is 6.98. The van der Waals surface area contributed by atoms with E-state index in [4.69, 9.17) is 0 Å². The van der Waals surface area contributed by atoms with Crippen molar-refractivity contribution in [2.75, 3.05) is 0 Å². The van der Waals surface area contributed by atoms with E-state index >= 15 is 0 Å². The number of non-ortho nitro benzene ring substituents is 1. The van der Waals surface area contributed by atoms with E-state index < -0.39 is 45.5 Å². The van der Waals surface area contributed by atoms with Crippen LogP contribution in [0.4, 0.5) is 30.2 Å². The minimum Gasteiger partial charge on any atom is -0.506 e. The predicted octanol–water partition coefficient (Wildman–Crippen LogP) is 4.63. The van der Waals surface area contributed by atoms with Gasteiger partial charge in [0.25, 0.3) is 5.69 Å². The molecule has 3 aromatic rings. The molecule has 0 saturated carbocycles. The molecule has 0 aliphatic heterocycles. The maximum Gasteiger partial charge on any atom is 0.437 e. The number of nitro groups is 1. The summed E-state index contributed by atoms with van der Waals surface area (Å²) in [6.07, 6.45) is -4.96. The molecule has 144 valence electrons. The number of hydrogen-bond acceptors (Lipinski definition) is 7. The number of benzene rings is 2. The van der Waals surface area contributed by atoms with Gasteiger partial charge < -0.3 is 10.2 Å². The largest absolute Gasteiger partial charge is 0.506 e. The summed E-state index contributed by atoms with van der Waals surface area (Å²) in [5.74, 6) is -1.48. The molecule has 12 heteroatoms. The molecule has 0 radical (unpaired) electrons. The molecule has 0 amide bonds. The highest BCUT2D eigenvalue weighted by Crippen LogP contribution is 2.43. The van der Waals surface area contributed by atoms with Gasteiger partial charge in [-0.1, -0.05) is 18.2 Å². The van der Waals surface area contributed by atoms with E-state index in [1.54, 1.807) is 6.07 Å². The average Bonchev–Trinajstić information content (AvgIpc) is 2.98. The Balaban J connectivity index is 2.12. The van der Waals surface area contributed by atoms with Crippen LogP contribution in [-0.4, -0.2) is 24.9 Å². The van der Waals surface area contributed by atoms with Crippen molar-refractivity contribution in [3.05, 3.63) is 64.3 Å². The Kier molecular flexibility index (Phi) is 4.69. The van der Waals surface area contributed by atoms with Crippen molar-refractivity contribution >= 4 is 17.1 Å². The monoisotopic (exact) mass is 393 g/mol. The number of phenolic OH excluding ortho intramolecular Hbond substituents is 1. The Hall–Kier alpha value is -3.96. The van der Waals surface area contributed by atoms with E-state index in [1.807, 2.05) is 0 Å². The molecule has 9 nitrogen and oxygen atoms in total. The standard InChI is InChI=1S/C16H10F3N5O4/c17-16(18,19)14-13(15(26)23(22-14)9-4-2-1-3-5-9)21-20-11-8-10(24(27)28)6-7-12(11)25/h1-8,25-26H/b21-20+. The van der Waals surface area contributed by atoms with Gasteiger partial charge in [-0.15, -0.1) is 10.2 Å². The zero-order chi connectivity index (χ0) is 20.5. The van der Waals surface area contributed by atoms with Gasteiger partial charge in [0.05, 0.1) is 10.6 Å². The van der Waals surface area contributed by atoms with Crippen LogP contribution in [0, 0.1) is 10.1 Å². The summed E-state index contributed by atoms with van der Waals surface area (Å²) in [7, 11) is 0. The fourth-order valence-corrected chi connectivity index (χ4v) is 2.24. The molecular weight excluding hydrogens is 383 g/mol. The number of phenols is 1. The lowest BCUT2D eigenvalue weighted by atomic mass is 10.2. The van der Waals surface area contributed by atoms with Crippen molar-refractivity contribution in [2.45, 2.75) is 6.18 Å². The topological polar surface area (TPSA) is 126 Å². The van der Waals surface area contributed by atoms with Crippen LogP contribution in [0.5, 0.6) is 11.6 Å². The van der Waals surface area contributed by atoms with Crippen molar-refractivity contribution < 1.29 is 28.3 Å². The van der Waals surface area contributed by atoms with Crippen molar-refractivity contribution in [3.8, 4) is 17.3 Å². The number of rotatable bonds is 4. The van der Waals surface area contributed by atoms with Crippen LogP contribution in [0.1, 0.15) is 5.69 Å². The lowest BCUT2D eigenvalue weighted by Crippen LogP contribution is -2.07. The van der Waals surface area contributed by atoms with Crippen LogP contribution in [0.15, 0.2) is 58.8 Å². The molecular formula is C16H10F3N5O4. The second-order valence-electron chi connectivity index (χ2n) is 5.40. The van der Waals surface area contributed by atoms with E-state index in [0.29, 0.717) is 4.68 Å². The van der Waals surface area contributed by atoms with Gasteiger partial charge in [0.1, 0.15) is 11.4 Å². The zero-order valence-corrected chi connectivity index (χ0v) is 13.7. The number of alkyl halides is 3. The summed E-state index contributed by atoms with van der Waals surface area (Å²) in [5, 5.41) is 40.8. The van der Waals surface area contributed by atoms with Crippen LogP contribution in [-0.2, 0) is 6.18 Å². The molecule has 0 aliphatic rings. The summed E-state index contributed by atoms with van der Waals surface area (Å²) >= 11 is 0. The summed E-state index contributed by atoms with van der Waals surface area (Å²) in [5.41, 5.74) is -3.27. The highest BCUT2D eigenvalue weighted by Gasteiger charge is 2.40. The Bertz CT molecular complexity index is 1060. The number of halogens is 3. The molecule has 3 rings (SSSR count). The number of para-hydroxylation sites is 1. The second-order valence-corrected chi connectivity index (χ2v) is 5.40. The maximum absolute atomic E-state index is 13.3. The molecule has 0 spiro atoms. The van der Waals surface area contributed by atoms with Crippen molar-refractivity contribution in [2.24, 2.45) is 10.2 Å². The number of azo groups is 1. The van der Waals surface area contributed by atoms with Gasteiger partial charge in [0.2, 0.25) is 5.88 Å². The lowest BCUT2D eigenvalue weighted by Gasteiger charge is -2.02. The zero-order valence-electron chi connectivity index (χ0n) is 13.7. The molecule has 28 heavy (non-hydrogen) atoms. The molecule has 0 saturated heterocycles. The summed E-state index contributed by atoms with van der Waals surface area (Å²) in [6, 6.07) is 10.3. The van der Waals surface area contributed by atoms with Crippen LogP contribution in [0.25, 0.3) is 5.69 Å². The molecule has 0 bridgehead atoms. The van der Waals surface area contributed by atoms with E-state index in [-0.39, 0.29) is 5.69 Å². The fraction of sp³-hybridized carbons (Fsp3) is 0.0625. The first-order valence-electron chi connectivity index (χ1n) is 7.52. The maximum atomic E-state index is 13.3. The van der Waals surface area contributed by atoms with Gasteiger partial charge in [0.15, 0.2) is 11.4 Å². The highest BCUT2D eigenvalue weighted by atomic mass is 19.4. The van der Waals surface area contributed by atoms with Crippen molar-refractivity contribution in [1.82, 2.24) is 9.78 Å². The Morgan fingerprint density at radius 1 is 1.07 bits per heavy atom. The van der Waals surface area contributed by atoms with Gasteiger partial charge >= 0.3 is 6.18 Å². The first kappa shape index (κ1) is 18.8. The third-order valence-corrected chi connectivity index (χ3v) is 3.53. The minimum atomic E-state index is -4.96. The molecule has 0 atom stereocenters. The molecule has 0 fully saturated rings. The van der Waals surface area contributed by atoms with Crippen LogP contribution < -0.4 is 0 Å². The van der Waals surface area contributed by atoms with Crippen molar-refractivity contribution in [3.63, 3.8) is 0 Å². The third kappa shape index (κ3) is 3.60. The Morgan fingerprint density at radius 2 is 1.75 bits per heavy atom. The number of aromatic nitrogens is 2. The molecule has 1 heterocycles. The van der Waals surface area contributed by atoms with Gasteiger partial charge in [-0.05, 0) is 18.2 Å². The molecule has 0 aliphatic carbocycles. The quantitative estimate of drug-likeness (QED) is 0.380. The van der Waals surface area contributed by atoms with Gasteiger partial charge in [0, 0.05) is 12.1 Å². The van der Waals surface area contributed by atoms with Gasteiger partial charge in [-0.25, -0.2) is 0 Å². The van der Waals surface area contributed by atoms with E-state index in [1.165, 1.54) is 24.3 Å². The van der Waals surface area contributed by atoms with Crippen molar-refractivity contribution in [1.29, 1.82) is 0 Å². The van der Waals surface area contributed by atoms with E-state index in [2.05, 4.69) is 15.3 Å².